The van der Waals surface area contributed by atoms with Crippen molar-refractivity contribution in [2.75, 3.05) is 0 Å². The fraction of sp³-hybridized carbons (Fsp3) is 0.200. The van der Waals surface area contributed by atoms with Crippen molar-refractivity contribution in [2.24, 2.45) is 5.10 Å². The average Bonchev–Trinajstić information content (AvgIpc) is 3.07. The lowest BCUT2D eigenvalue weighted by atomic mass is 10.2. The third-order valence-corrected chi connectivity index (χ3v) is 4.80. The van der Waals surface area contributed by atoms with Gasteiger partial charge >= 0.3 is 5.91 Å². The van der Waals surface area contributed by atoms with E-state index in [0.717, 1.165) is 27.6 Å². The monoisotopic (exact) mass is 448 g/mol. The highest BCUT2D eigenvalue weighted by Gasteiger charge is 2.12. The lowest BCUT2D eigenvalue weighted by Gasteiger charge is -2.14. The zero-order chi connectivity index (χ0) is 19.4. The summed E-state index contributed by atoms with van der Waals surface area (Å²) in [6.07, 6.45) is 2.61. The molecule has 0 saturated heterocycles. The minimum atomic E-state index is -0.436. The topological polar surface area (TPSA) is 63.8 Å². The van der Waals surface area contributed by atoms with E-state index in [1.165, 1.54) is 0 Å². The largest absolute Gasteiger partial charge is 0.490 e. The molecular formula is C20H18BrClN2O3. The molecule has 0 aliphatic rings. The van der Waals surface area contributed by atoms with Crippen LogP contribution in [0.15, 0.2) is 56.5 Å². The number of hydrogen-bond acceptors (Lipinski definition) is 4. The Bertz CT molecular complexity index is 1000. The molecule has 1 atom stereocenters. The fourth-order valence-corrected chi connectivity index (χ4v) is 3.01. The van der Waals surface area contributed by atoms with Gasteiger partial charge in [0.2, 0.25) is 0 Å². The molecule has 0 unspecified atom stereocenters. The molecule has 0 radical (unpaired) electrons. The highest BCUT2D eigenvalue weighted by Crippen LogP contribution is 2.27. The van der Waals surface area contributed by atoms with Gasteiger partial charge in [0, 0.05) is 10.4 Å². The number of hydrogen-bond donors (Lipinski definition) is 1. The van der Waals surface area contributed by atoms with Gasteiger partial charge in [-0.25, -0.2) is 5.43 Å². The van der Waals surface area contributed by atoms with Crippen LogP contribution in [0.25, 0.3) is 11.0 Å². The maximum Gasteiger partial charge on any atom is 0.307 e. The van der Waals surface area contributed by atoms with E-state index in [1.807, 2.05) is 25.1 Å². The predicted octanol–water partition coefficient (Wildman–Crippen LogP) is 5.79. The first-order valence-electron chi connectivity index (χ1n) is 8.45. The lowest BCUT2D eigenvalue weighted by molar-refractivity contribution is 0.0929. The molecule has 1 N–H and O–H groups in total. The first-order chi connectivity index (χ1) is 13.0. The molecule has 140 valence electrons. The van der Waals surface area contributed by atoms with Gasteiger partial charge in [-0.1, -0.05) is 18.5 Å². The van der Waals surface area contributed by atoms with Crippen molar-refractivity contribution >= 4 is 50.6 Å². The van der Waals surface area contributed by atoms with E-state index in [4.69, 9.17) is 20.8 Å². The van der Waals surface area contributed by atoms with Gasteiger partial charge in [-0.15, -0.1) is 0 Å². The quantitative estimate of drug-likeness (QED) is 0.383. The average molecular weight is 450 g/mol. The van der Waals surface area contributed by atoms with Crippen LogP contribution in [0.3, 0.4) is 0 Å². The first-order valence-corrected chi connectivity index (χ1v) is 9.62. The summed E-state index contributed by atoms with van der Waals surface area (Å²) in [6.45, 7) is 4.09. The van der Waals surface area contributed by atoms with Crippen molar-refractivity contribution in [1.82, 2.24) is 5.43 Å². The van der Waals surface area contributed by atoms with Gasteiger partial charge in [0.1, 0.15) is 11.3 Å². The van der Waals surface area contributed by atoms with Gasteiger partial charge in [-0.05, 0) is 77.3 Å². The van der Waals surface area contributed by atoms with Gasteiger partial charge in [0.05, 0.1) is 16.8 Å². The molecule has 0 spiro atoms. The van der Waals surface area contributed by atoms with Crippen LogP contribution in [-0.4, -0.2) is 18.2 Å². The summed E-state index contributed by atoms with van der Waals surface area (Å²) < 4.78 is 12.1. The van der Waals surface area contributed by atoms with E-state index >= 15 is 0 Å². The van der Waals surface area contributed by atoms with E-state index in [2.05, 4.69) is 33.4 Å². The van der Waals surface area contributed by atoms with Crippen LogP contribution in [-0.2, 0) is 0 Å². The number of carbonyl (C=O) groups excluding carboxylic acids is 1. The van der Waals surface area contributed by atoms with Crippen molar-refractivity contribution in [3.63, 3.8) is 0 Å². The van der Waals surface area contributed by atoms with Gasteiger partial charge < -0.3 is 9.15 Å². The Balaban J connectivity index is 1.65. The molecule has 7 heteroatoms. The Kier molecular flexibility index (Phi) is 6.19. The van der Waals surface area contributed by atoms with Crippen LogP contribution in [0, 0.1) is 0 Å². The number of ether oxygens (including phenoxy) is 1. The second-order valence-corrected chi connectivity index (χ2v) is 7.31. The smallest absolute Gasteiger partial charge is 0.307 e. The Morgan fingerprint density at radius 3 is 2.89 bits per heavy atom. The normalized spacial score (nSPS) is 12.4. The molecule has 27 heavy (non-hydrogen) atoms. The van der Waals surface area contributed by atoms with Crippen LogP contribution in [0.4, 0.5) is 0 Å². The van der Waals surface area contributed by atoms with Crippen molar-refractivity contribution in [2.45, 2.75) is 26.4 Å². The summed E-state index contributed by atoms with van der Waals surface area (Å²) in [5.41, 5.74) is 3.86. The number of carbonyl (C=O) groups is 1. The molecular weight excluding hydrogens is 432 g/mol. The molecule has 3 rings (SSSR count). The molecule has 1 aromatic heterocycles. The van der Waals surface area contributed by atoms with Crippen molar-refractivity contribution in [3.05, 3.63) is 63.3 Å². The Labute approximate surface area is 170 Å². The van der Waals surface area contributed by atoms with Gasteiger partial charge in [0.15, 0.2) is 5.76 Å². The minimum absolute atomic E-state index is 0.138. The molecule has 1 amide bonds. The van der Waals surface area contributed by atoms with Crippen molar-refractivity contribution in [1.29, 1.82) is 0 Å². The number of halogens is 2. The zero-order valence-electron chi connectivity index (χ0n) is 14.8. The van der Waals surface area contributed by atoms with Crippen molar-refractivity contribution in [3.8, 4) is 5.75 Å². The van der Waals surface area contributed by atoms with E-state index in [0.29, 0.717) is 10.6 Å². The number of hydrazone groups is 1. The Morgan fingerprint density at radius 2 is 2.15 bits per heavy atom. The van der Waals surface area contributed by atoms with Crippen molar-refractivity contribution < 1.29 is 13.9 Å². The summed E-state index contributed by atoms with van der Waals surface area (Å²) >= 11 is 9.43. The first kappa shape index (κ1) is 19.5. The molecule has 2 aromatic carbocycles. The molecule has 0 aliphatic heterocycles. The number of furan rings is 1. The second-order valence-electron chi connectivity index (χ2n) is 6.02. The maximum atomic E-state index is 12.2. The van der Waals surface area contributed by atoms with E-state index in [9.17, 15) is 4.79 Å². The van der Waals surface area contributed by atoms with Gasteiger partial charge in [0.25, 0.3) is 0 Å². The molecule has 0 fully saturated rings. The second kappa shape index (κ2) is 8.59. The lowest BCUT2D eigenvalue weighted by Crippen LogP contribution is -2.16. The summed E-state index contributed by atoms with van der Waals surface area (Å²) in [6, 6.07) is 12.4. The highest BCUT2D eigenvalue weighted by molar-refractivity contribution is 9.10. The minimum Gasteiger partial charge on any atom is -0.490 e. The number of rotatable bonds is 6. The molecule has 1 heterocycles. The van der Waals surface area contributed by atoms with E-state index in [-0.39, 0.29) is 11.9 Å². The van der Waals surface area contributed by atoms with E-state index < -0.39 is 5.91 Å². The molecule has 3 aromatic rings. The Morgan fingerprint density at radius 1 is 1.33 bits per heavy atom. The van der Waals surface area contributed by atoms with Crippen LogP contribution in [0.2, 0.25) is 5.02 Å². The standard InChI is InChI=1S/C20H18BrClN2O3/c1-3-12(2)26-18-6-4-13(8-16(18)21)11-23-24-20(25)19-10-14-9-15(22)5-7-17(14)27-19/h4-12H,3H2,1-2H3,(H,24,25)/b23-11+/t12-/m1/s1. The third-order valence-electron chi connectivity index (χ3n) is 3.94. The summed E-state index contributed by atoms with van der Waals surface area (Å²) in [5, 5.41) is 5.33. The zero-order valence-corrected chi connectivity index (χ0v) is 17.2. The fourth-order valence-electron chi connectivity index (χ4n) is 2.34. The number of benzene rings is 2. The highest BCUT2D eigenvalue weighted by atomic mass is 79.9. The number of fused-ring (bicyclic) bond motifs is 1. The van der Waals surface area contributed by atoms with Crippen LogP contribution >= 0.6 is 27.5 Å². The summed E-state index contributed by atoms with van der Waals surface area (Å²) in [7, 11) is 0. The third kappa shape index (κ3) is 4.90. The molecule has 0 saturated carbocycles. The number of nitrogens with zero attached hydrogens (tertiary/aromatic N) is 1. The van der Waals surface area contributed by atoms with Gasteiger partial charge in [-0.2, -0.15) is 5.10 Å². The van der Waals surface area contributed by atoms with E-state index in [1.54, 1.807) is 30.5 Å². The summed E-state index contributed by atoms with van der Waals surface area (Å²) in [4.78, 5) is 12.2. The molecule has 5 nitrogen and oxygen atoms in total. The SMILES string of the molecule is CC[C@@H](C)Oc1ccc(/C=N/NC(=O)c2cc3cc(Cl)ccc3o2)cc1Br. The Hall–Kier alpha value is -2.31. The predicted molar refractivity (Wildman–Crippen MR) is 111 cm³/mol. The van der Waals surface area contributed by atoms with Crippen LogP contribution in [0.1, 0.15) is 36.4 Å². The van der Waals surface area contributed by atoms with Crippen LogP contribution in [0.5, 0.6) is 5.75 Å². The molecule has 0 aliphatic carbocycles. The molecule has 0 bridgehead atoms. The maximum absolute atomic E-state index is 12.2. The summed E-state index contributed by atoms with van der Waals surface area (Å²) in [5.74, 6) is 0.503. The number of amides is 1. The van der Waals surface area contributed by atoms with Gasteiger partial charge in [-0.3, -0.25) is 4.79 Å². The van der Waals surface area contributed by atoms with Crippen LogP contribution < -0.4 is 10.2 Å². The number of nitrogens with one attached hydrogen (secondary N) is 1.